The zero-order valence-corrected chi connectivity index (χ0v) is 25.1. The maximum absolute atomic E-state index is 6.39. The highest BCUT2D eigenvalue weighted by Gasteiger charge is 2.17. The van der Waals surface area contributed by atoms with Gasteiger partial charge in [-0.05, 0) is 35.9 Å². The molecule has 0 aliphatic carbocycles. The normalized spacial score (nSPS) is 11.4. The van der Waals surface area contributed by atoms with Crippen molar-refractivity contribution in [3.05, 3.63) is 152 Å². The van der Waals surface area contributed by atoms with Crippen LogP contribution < -0.4 is 0 Å². The molecule has 220 valence electrons. The molecule has 0 amide bonds. The lowest BCUT2D eigenvalue weighted by Gasteiger charge is -2.09. The minimum Gasteiger partial charge on any atom is -0.454 e. The van der Waals surface area contributed by atoms with Gasteiger partial charge >= 0.3 is 0 Å². The Morgan fingerprint density at radius 3 is 1.83 bits per heavy atom. The standard InChI is InChI=1S/C41H25N5O/c1-3-12-27(13-4-1)39-44-40(28-14-5-2-6-15-28)46-41(45-39)30-17-9-16-29(23-30)31-24-36-38(42-25-31)37-32(18-10-20-35(37)47-36)34-22-21-26-11-7-8-19-33(26)43-34/h1-25H. The second-order valence-electron chi connectivity index (χ2n) is 11.4. The van der Waals surface area contributed by atoms with Crippen molar-refractivity contribution in [2.45, 2.75) is 0 Å². The van der Waals surface area contributed by atoms with Gasteiger partial charge in [-0.15, -0.1) is 0 Å². The first kappa shape index (κ1) is 26.8. The molecular weight excluding hydrogens is 578 g/mol. The van der Waals surface area contributed by atoms with Crippen LogP contribution >= 0.6 is 0 Å². The molecule has 6 nitrogen and oxygen atoms in total. The molecule has 9 rings (SSSR count). The van der Waals surface area contributed by atoms with Crippen molar-refractivity contribution in [3.63, 3.8) is 0 Å². The van der Waals surface area contributed by atoms with Crippen LogP contribution in [0.25, 0.3) is 89.5 Å². The van der Waals surface area contributed by atoms with Crippen LogP contribution in [0.2, 0.25) is 0 Å². The predicted molar refractivity (Wildman–Crippen MR) is 187 cm³/mol. The lowest BCUT2D eigenvalue weighted by molar-refractivity contribution is 0.668. The van der Waals surface area contributed by atoms with Gasteiger partial charge in [0.2, 0.25) is 0 Å². The highest BCUT2D eigenvalue weighted by molar-refractivity contribution is 6.11. The topological polar surface area (TPSA) is 77.6 Å². The van der Waals surface area contributed by atoms with Crippen LogP contribution in [-0.2, 0) is 0 Å². The molecule has 9 aromatic rings. The summed E-state index contributed by atoms with van der Waals surface area (Å²) in [6.45, 7) is 0. The maximum atomic E-state index is 6.39. The molecule has 0 atom stereocenters. The van der Waals surface area contributed by atoms with E-state index in [1.165, 1.54) is 0 Å². The average molecular weight is 604 g/mol. The van der Waals surface area contributed by atoms with Gasteiger partial charge in [0, 0.05) is 39.4 Å². The summed E-state index contributed by atoms with van der Waals surface area (Å²) in [6, 6.07) is 48.6. The molecule has 4 aromatic heterocycles. The number of furan rings is 1. The van der Waals surface area contributed by atoms with Crippen LogP contribution in [0.1, 0.15) is 0 Å². The third-order valence-electron chi connectivity index (χ3n) is 8.36. The van der Waals surface area contributed by atoms with E-state index in [9.17, 15) is 0 Å². The van der Waals surface area contributed by atoms with Gasteiger partial charge in [0.05, 0.1) is 16.6 Å². The van der Waals surface area contributed by atoms with Gasteiger partial charge in [0.1, 0.15) is 11.1 Å². The molecule has 0 radical (unpaired) electrons. The molecule has 0 saturated carbocycles. The summed E-state index contributed by atoms with van der Waals surface area (Å²) in [4.78, 5) is 24.5. The fourth-order valence-electron chi connectivity index (χ4n) is 6.05. The second-order valence-corrected chi connectivity index (χ2v) is 11.4. The van der Waals surface area contributed by atoms with Gasteiger partial charge in [0.25, 0.3) is 0 Å². The van der Waals surface area contributed by atoms with Crippen molar-refractivity contribution < 1.29 is 4.42 Å². The van der Waals surface area contributed by atoms with Crippen LogP contribution in [0.15, 0.2) is 156 Å². The van der Waals surface area contributed by atoms with Gasteiger partial charge in [-0.3, -0.25) is 4.98 Å². The van der Waals surface area contributed by atoms with Crippen LogP contribution in [-0.4, -0.2) is 24.9 Å². The Labute approximate surface area is 270 Å². The molecule has 0 aliphatic heterocycles. The Kier molecular flexibility index (Phi) is 6.35. The maximum Gasteiger partial charge on any atom is 0.164 e. The Balaban J connectivity index is 1.14. The average Bonchev–Trinajstić information content (AvgIpc) is 3.53. The van der Waals surface area contributed by atoms with E-state index in [-0.39, 0.29) is 0 Å². The van der Waals surface area contributed by atoms with Gasteiger partial charge < -0.3 is 4.42 Å². The first-order chi connectivity index (χ1) is 23.3. The molecule has 0 aliphatic rings. The summed E-state index contributed by atoms with van der Waals surface area (Å²) in [5.74, 6) is 1.86. The first-order valence-electron chi connectivity index (χ1n) is 15.4. The fraction of sp³-hybridized carbons (Fsp3) is 0. The first-order valence-corrected chi connectivity index (χ1v) is 15.4. The number of pyridine rings is 2. The van der Waals surface area contributed by atoms with Crippen LogP contribution in [0.3, 0.4) is 0 Å². The van der Waals surface area contributed by atoms with Crippen molar-refractivity contribution in [1.29, 1.82) is 0 Å². The van der Waals surface area contributed by atoms with Gasteiger partial charge in [-0.1, -0.05) is 115 Å². The van der Waals surface area contributed by atoms with Crippen LogP contribution in [0, 0.1) is 0 Å². The lowest BCUT2D eigenvalue weighted by atomic mass is 10.0. The van der Waals surface area contributed by atoms with E-state index >= 15 is 0 Å². The van der Waals surface area contributed by atoms with Crippen molar-refractivity contribution in [3.8, 4) is 56.5 Å². The molecule has 47 heavy (non-hydrogen) atoms. The Bertz CT molecular complexity index is 2520. The predicted octanol–water partition coefficient (Wildman–Crippen LogP) is 10.0. The van der Waals surface area contributed by atoms with Crippen molar-refractivity contribution in [1.82, 2.24) is 24.9 Å². The molecule has 0 fully saturated rings. The van der Waals surface area contributed by atoms with E-state index in [4.69, 9.17) is 29.3 Å². The minimum atomic E-state index is 0.602. The van der Waals surface area contributed by atoms with Gasteiger partial charge in [-0.2, -0.15) is 0 Å². The van der Waals surface area contributed by atoms with E-state index < -0.39 is 0 Å². The smallest absolute Gasteiger partial charge is 0.164 e. The molecule has 0 spiro atoms. The Morgan fingerprint density at radius 2 is 1.06 bits per heavy atom. The number of para-hydroxylation sites is 1. The van der Waals surface area contributed by atoms with E-state index in [1.807, 2.05) is 109 Å². The minimum absolute atomic E-state index is 0.602. The summed E-state index contributed by atoms with van der Waals surface area (Å²) in [5.41, 5.74) is 9.80. The number of rotatable bonds is 5. The molecule has 0 N–H and O–H groups in total. The lowest BCUT2D eigenvalue weighted by Crippen LogP contribution is -2.00. The van der Waals surface area contributed by atoms with Gasteiger partial charge in [-0.25, -0.2) is 19.9 Å². The van der Waals surface area contributed by atoms with E-state index in [1.54, 1.807) is 0 Å². The molecule has 0 saturated heterocycles. The van der Waals surface area contributed by atoms with Crippen molar-refractivity contribution in [2.24, 2.45) is 0 Å². The number of fused-ring (bicyclic) bond motifs is 4. The largest absolute Gasteiger partial charge is 0.454 e. The highest BCUT2D eigenvalue weighted by atomic mass is 16.3. The van der Waals surface area contributed by atoms with Crippen molar-refractivity contribution in [2.75, 3.05) is 0 Å². The number of nitrogens with zero attached hydrogens (tertiary/aromatic N) is 5. The van der Waals surface area contributed by atoms with E-state index in [2.05, 4.69) is 42.5 Å². The number of hydrogen-bond donors (Lipinski definition) is 0. The number of aromatic nitrogens is 5. The molecule has 5 aromatic carbocycles. The quantitative estimate of drug-likeness (QED) is 0.195. The molecule has 4 heterocycles. The number of hydrogen-bond acceptors (Lipinski definition) is 6. The van der Waals surface area contributed by atoms with Crippen LogP contribution in [0.4, 0.5) is 0 Å². The second kappa shape index (κ2) is 11.1. The van der Waals surface area contributed by atoms with E-state index in [0.29, 0.717) is 23.1 Å². The Morgan fingerprint density at radius 1 is 0.426 bits per heavy atom. The third kappa shape index (κ3) is 4.89. The summed E-state index contributed by atoms with van der Waals surface area (Å²) >= 11 is 0. The van der Waals surface area contributed by atoms with Crippen LogP contribution in [0.5, 0.6) is 0 Å². The highest BCUT2D eigenvalue weighted by Crippen LogP contribution is 2.37. The van der Waals surface area contributed by atoms with Crippen molar-refractivity contribution >= 4 is 33.0 Å². The SMILES string of the molecule is c1ccc(-c2nc(-c3ccccc3)nc(-c3cccc(-c4cnc5c(c4)oc4cccc(-c6ccc7ccccc7n6)c45)c3)n2)cc1. The molecule has 0 bridgehead atoms. The fourth-order valence-corrected chi connectivity index (χ4v) is 6.05. The summed E-state index contributed by atoms with van der Waals surface area (Å²) in [5, 5.41) is 2.06. The summed E-state index contributed by atoms with van der Waals surface area (Å²) < 4.78 is 6.39. The molecular formula is C41H25N5O. The summed E-state index contributed by atoms with van der Waals surface area (Å²) in [7, 11) is 0. The van der Waals surface area contributed by atoms with Gasteiger partial charge in [0.15, 0.2) is 23.1 Å². The monoisotopic (exact) mass is 603 g/mol. The Hall–Kier alpha value is -6.53. The van der Waals surface area contributed by atoms with E-state index in [0.717, 1.165) is 66.5 Å². The molecule has 6 heteroatoms. The number of benzene rings is 5. The third-order valence-corrected chi connectivity index (χ3v) is 8.36. The zero-order chi connectivity index (χ0) is 31.2. The molecule has 0 unspecified atom stereocenters. The zero-order valence-electron chi connectivity index (χ0n) is 25.1. The summed E-state index contributed by atoms with van der Waals surface area (Å²) in [6.07, 6.45) is 1.90.